The third-order valence-electron chi connectivity index (χ3n) is 4.93. The molecule has 2 rings (SSSR count). The first-order chi connectivity index (χ1) is 18.0. The number of hydrogen-bond acceptors (Lipinski definition) is 10. The molecule has 0 aliphatic rings. The fraction of sp³-hybridized carbons (Fsp3) is 0.333. The van der Waals surface area contributed by atoms with Crippen LogP contribution >= 0.6 is 7.72 Å². The first-order valence-corrected chi connectivity index (χ1v) is 13.1. The zero-order valence-electron chi connectivity index (χ0n) is 20.5. The normalized spacial score (nSPS) is 11.7. The lowest BCUT2D eigenvalue weighted by Crippen LogP contribution is -2.42. The minimum Gasteiger partial charge on any atom is -0.476 e. The van der Waals surface area contributed by atoms with Crippen LogP contribution in [0.5, 0.6) is 5.75 Å². The molecule has 0 aliphatic carbocycles. The van der Waals surface area contributed by atoms with E-state index in [2.05, 4.69) is 14.8 Å². The lowest BCUT2D eigenvalue weighted by molar-refractivity contribution is -0.145. The van der Waals surface area contributed by atoms with Gasteiger partial charge in [0.05, 0.1) is 19.3 Å². The molecule has 2 aromatic rings. The van der Waals surface area contributed by atoms with Crippen LogP contribution in [0, 0.1) is 11.6 Å². The Morgan fingerprint density at radius 2 is 1.66 bits per heavy atom. The Labute approximate surface area is 217 Å². The summed E-state index contributed by atoms with van der Waals surface area (Å²) in [7, 11) is -3.51. The molecule has 0 aromatic heterocycles. The summed E-state index contributed by atoms with van der Waals surface area (Å²) in [4.78, 5) is 69.0. The molecule has 0 fully saturated rings. The quantitative estimate of drug-likeness (QED) is 0.190. The standard InChI is InChI=1S/C24H26F2NO10P/c1-3-35-20(28)14-36-21-17(25)11-16(12-18(21)26)23(30)38(32,33)10-9-19(22(29)34-2)27-24(31)37-13-15-7-5-4-6-8-15/h4-8,11-12,19,32-33H,3,9-10,13-14H2,1-2H3/p+1. The van der Waals surface area contributed by atoms with Crippen molar-refractivity contribution in [3.63, 3.8) is 0 Å². The van der Waals surface area contributed by atoms with Crippen LogP contribution in [0.15, 0.2) is 42.5 Å². The maximum atomic E-state index is 14.4. The molecular weight excluding hydrogens is 531 g/mol. The summed E-state index contributed by atoms with van der Waals surface area (Å²) in [5.41, 5.74) is -1.43. The Hall–Kier alpha value is -3.67. The lowest BCUT2D eigenvalue weighted by atomic mass is 10.2. The summed E-state index contributed by atoms with van der Waals surface area (Å²) >= 11 is 0. The van der Waals surface area contributed by atoms with Crippen LogP contribution in [0.4, 0.5) is 13.6 Å². The number of nitrogens with one attached hydrogen (secondary N) is 1. The first-order valence-electron chi connectivity index (χ1n) is 11.2. The van der Waals surface area contributed by atoms with Gasteiger partial charge in [-0.15, -0.1) is 0 Å². The van der Waals surface area contributed by atoms with Gasteiger partial charge in [0.1, 0.15) is 18.8 Å². The Morgan fingerprint density at radius 1 is 1.03 bits per heavy atom. The van der Waals surface area contributed by atoms with Crippen molar-refractivity contribution < 1.29 is 56.7 Å². The van der Waals surface area contributed by atoms with Crippen LogP contribution in [-0.4, -0.2) is 65.9 Å². The number of halogens is 2. The van der Waals surface area contributed by atoms with Crippen molar-refractivity contribution in [3.8, 4) is 5.75 Å². The second-order valence-electron chi connectivity index (χ2n) is 7.69. The predicted octanol–water partition coefficient (Wildman–Crippen LogP) is 2.74. The van der Waals surface area contributed by atoms with Crippen molar-refractivity contribution in [2.24, 2.45) is 0 Å². The summed E-state index contributed by atoms with van der Waals surface area (Å²) < 4.78 is 47.7. The van der Waals surface area contributed by atoms with Crippen molar-refractivity contribution >= 4 is 31.3 Å². The van der Waals surface area contributed by atoms with Gasteiger partial charge in [-0.1, -0.05) is 30.3 Å². The minimum atomic E-state index is -4.55. The largest absolute Gasteiger partial charge is 0.476 e. The SMILES string of the molecule is CCOC(=O)COc1c(F)cc(C(=O)[P+](O)(O)CCC(NC(=O)OCc2ccccc2)C(=O)OC)cc1F. The van der Waals surface area contributed by atoms with E-state index in [0.29, 0.717) is 17.7 Å². The summed E-state index contributed by atoms with van der Waals surface area (Å²) in [5.74, 6) is -5.52. The molecule has 0 spiro atoms. The number of rotatable bonds is 13. The molecule has 0 saturated carbocycles. The van der Waals surface area contributed by atoms with E-state index in [1.54, 1.807) is 30.3 Å². The van der Waals surface area contributed by atoms with Crippen LogP contribution in [0.2, 0.25) is 0 Å². The number of ether oxygens (including phenoxy) is 4. The van der Waals surface area contributed by atoms with Gasteiger partial charge in [0.2, 0.25) is 0 Å². The van der Waals surface area contributed by atoms with Gasteiger partial charge in [-0.2, -0.15) is 0 Å². The first kappa shape index (κ1) is 30.6. The highest BCUT2D eigenvalue weighted by molar-refractivity contribution is 7.81. The molecule has 206 valence electrons. The summed E-state index contributed by atoms with van der Waals surface area (Å²) in [6, 6.07) is 8.27. The van der Waals surface area contributed by atoms with Crippen LogP contribution < -0.4 is 10.1 Å². The highest BCUT2D eigenvalue weighted by Crippen LogP contribution is 2.53. The zero-order valence-corrected chi connectivity index (χ0v) is 21.4. The van der Waals surface area contributed by atoms with E-state index in [9.17, 15) is 37.7 Å². The molecule has 0 bridgehead atoms. The molecule has 1 amide bonds. The van der Waals surface area contributed by atoms with E-state index in [1.807, 2.05) is 0 Å². The molecule has 11 nitrogen and oxygen atoms in total. The van der Waals surface area contributed by atoms with E-state index in [4.69, 9.17) is 9.47 Å². The van der Waals surface area contributed by atoms with E-state index in [-0.39, 0.29) is 13.2 Å². The van der Waals surface area contributed by atoms with Crippen molar-refractivity contribution in [1.82, 2.24) is 5.32 Å². The van der Waals surface area contributed by atoms with Gasteiger partial charge in [-0.25, -0.2) is 37.7 Å². The number of benzene rings is 2. The topological polar surface area (TPSA) is 158 Å². The number of alkyl carbamates (subject to hydrolysis) is 1. The number of carbonyl (C=O) groups is 4. The number of esters is 2. The molecular formula is C24H27F2NO10P+. The van der Waals surface area contributed by atoms with E-state index >= 15 is 0 Å². The second kappa shape index (κ2) is 14.3. The van der Waals surface area contributed by atoms with Crippen molar-refractivity contribution in [1.29, 1.82) is 0 Å². The summed E-state index contributed by atoms with van der Waals surface area (Å²) in [6.07, 6.45) is -2.20. The number of methoxy groups -OCH3 is 1. The smallest absolute Gasteiger partial charge is 0.408 e. The Morgan fingerprint density at radius 3 is 2.24 bits per heavy atom. The molecule has 0 aliphatic heterocycles. The number of hydrogen-bond donors (Lipinski definition) is 3. The molecule has 0 heterocycles. The third kappa shape index (κ3) is 9.02. The van der Waals surface area contributed by atoms with Gasteiger partial charge in [-0.05, 0) is 24.6 Å². The van der Waals surface area contributed by atoms with Crippen molar-refractivity contribution in [2.75, 3.05) is 26.5 Å². The third-order valence-corrected chi connectivity index (χ3v) is 6.72. The van der Waals surface area contributed by atoms with E-state index in [0.717, 1.165) is 7.11 Å². The lowest BCUT2D eigenvalue weighted by Gasteiger charge is -2.18. The van der Waals surface area contributed by atoms with Gasteiger partial charge in [0, 0.05) is 6.42 Å². The Bertz CT molecular complexity index is 1120. The van der Waals surface area contributed by atoms with Crippen LogP contribution in [0.3, 0.4) is 0 Å². The summed E-state index contributed by atoms with van der Waals surface area (Å²) in [6.45, 7) is 0.661. The number of carbonyl (C=O) groups excluding carboxylic acids is 4. The Balaban J connectivity index is 2.04. The highest BCUT2D eigenvalue weighted by atomic mass is 31.2. The second-order valence-corrected chi connectivity index (χ2v) is 10.0. The molecule has 3 N–H and O–H groups in total. The molecule has 1 atom stereocenters. The van der Waals surface area contributed by atoms with Crippen molar-refractivity contribution in [3.05, 3.63) is 65.2 Å². The molecule has 1 unspecified atom stereocenters. The maximum absolute atomic E-state index is 14.4. The average molecular weight is 558 g/mol. The van der Waals surface area contributed by atoms with Crippen molar-refractivity contribution in [2.45, 2.75) is 26.0 Å². The zero-order chi connectivity index (χ0) is 28.3. The Kier molecular flexibility index (Phi) is 11.5. The van der Waals surface area contributed by atoms with Gasteiger partial charge in [0.25, 0.3) is 0 Å². The van der Waals surface area contributed by atoms with Gasteiger partial charge >= 0.3 is 31.3 Å². The van der Waals surface area contributed by atoms with E-state index in [1.165, 1.54) is 6.92 Å². The molecule has 14 heteroatoms. The minimum absolute atomic E-state index is 0.0284. The molecule has 2 aromatic carbocycles. The van der Waals surface area contributed by atoms with Crippen LogP contribution in [-0.2, 0) is 30.4 Å². The van der Waals surface area contributed by atoms with Gasteiger partial charge in [0.15, 0.2) is 24.0 Å². The van der Waals surface area contributed by atoms with Gasteiger partial charge in [-0.3, -0.25) is 0 Å². The fourth-order valence-corrected chi connectivity index (χ4v) is 4.43. The molecule has 0 saturated heterocycles. The summed E-state index contributed by atoms with van der Waals surface area (Å²) in [5, 5.41) is 2.22. The van der Waals surface area contributed by atoms with Crippen LogP contribution in [0.1, 0.15) is 29.3 Å². The highest BCUT2D eigenvalue weighted by Gasteiger charge is 2.46. The molecule has 0 radical (unpaired) electrons. The fourth-order valence-electron chi connectivity index (χ4n) is 3.07. The van der Waals surface area contributed by atoms with E-state index < -0.39 is 79.5 Å². The van der Waals surface area contributed by atoms with Crippen LogP contribution in [0.25, 0.3) is 0 Å². The average Bonchev–Trinajstić information content (AvgIpc) is 2.89. The van der Waals surface area contributed by atoms with Gasteiger partial charge < -0.3 is 24.3 Å². The molecule has 38 heavy (non-hydrogen) atoms. The maximum Gasteiger partial charge on any atom is 0.408 e. The monoisotopic (exact) mass is 558 g/mol. The predicted molar refractivity (Wildman–Crippen MR) is 129 cm³/mol. The number of amides is 1.